The van der Waals surface area contributed by atoms with Crippen LogP contribution in [0.1, 0.15) is 49.2 Å². The number of hydrogen-bond donors (Lipinski definition) is 1. The number of carbonyl (C=O) groups is 3. The molecule has 0 aliphatic carbocycles. The van der Waals surface area contributed by atoms with E-state index >= 15 is 0 Å². The van der Waals surface area contributed by atoms with Crippen molar-refractivity contribution < 1.29 is 28.6 Å². The SMILES string of the molecule is COC(=O)c1ccc(CNC(=O)COC(=O)[C@H](C)Oc2ccc(C(C)(C)C)cc2)cc1. The van der Waals surface area contributed by atoms with Gasteiger partial charge < -0.3 is 19.5 Å². The molecule has 1 atom stereocenters. The number of benzene rings is 2. The summed E-state index contributed by atoms with van der Waals surface area (Å²) in [5, 5.41) is 2.65. The van der Waals surface area contributed by atoms with E-state index in [4.69, 9.17) is 9.47 Å². The van der Waals surface area contributed by atoms with Crippen molar-refractivity contribution in [1.29, 1.82) is 0 Å². The average Bonchev–Trinajstić information content (AvgIpc) is 2.75. The third-order valence-electron chi connectivity index (χ3n) is 4.58. The molecule has 0 aliphatic heterocycles. The minimum absolute atomic E-state index is 0.0276. The summed E-state index contributed by atoms with van der Waals surface area (Å²) in [5.74, 6) is -0.939. The summed E-state index contributed by atoms with van der Waals surface area (Å²) < 4.78 is 15.3. The lowest BCUT2D eigenvalue weighted by molar-refractivity contribution is -0.154. The highest BCUT2D eigenvalue weighted by Crippen LogP contribution is 2.24. The van der Waals surface area contributed by atoms with Gasteiger partial charge in [-0.05, 0) is 47.7 Å². The van der Waals surface area contributed by atoms with E-state index in [-0.39, 0.29) is 12.0 Å². The Bertz CT molecular complexity index is 897. The fourth-order valence-electron chi connectivity index (χ4n) is 2.67. The lowest BCUT2D eigenvalue weighted by Gasteiger charge is -2.20. The Labute approximate surface area is 182 Å². The number of nitrogens with one attached hydrogen (secondary N) is 1. The highest BCUT2D eigenvalue weighted by molar-refractivity contribution is 5.89. The second kappa shape index (κ2) is 10.6. The fraction of sp³-hybridized carbons (Fsp3) is 0.375. The first-order valence-corrected chi connectivity index (χ1v) is 9.98. The van der Waals surface area contributed by atoms with E-state index in [1.54, 1.807) is 31.2 Å². The van der Waals surface area contributed by atoms with Crippen LogP contribution >= 0.6 is 0 Å². The molecule has 166 valence electrons. The molecule has 1 N–H and O–H groups in total. The van der Waals surface area contributed by atoms with Gasteiger partial charge in [-0.15, -0.1) is 0 Å². The van der Waals surface area contributed by atoms with Crippen molar-refractivity contribution in [1.82, 2.24) is 5.32 Å². The van der Waals surface area contributed by atoms with E-state index in [0.29, 0.717) is 11.3 Å². The molecule has 7 nitrogen and oxygen atoms in total. The van der Waals surface area contributed by atoms with Crippen LogP contribution in [-0.4, -0.2) is 37.7 Å². The first-order valence-electron chi connectivity index (χ1n) is 9.98. The molecule has 0 radical (unpaired) electrons. The van der Waals surface area contributed by atoms with Gasteiger partial charge in [0.25, 0.3) is 5.91 Å². The van der Waals surface area contributed by atoms with E-state index in [9.17, 15) is 14.4 Å². The zero-order valence-corrected chi connectivity index (χ0v) is 18.6. The van der Waals surface area contributed by atoms with Crippen LogP contribution in [0.2, 0.25) is 0 Å². The van der Waals surface area contributed by atoms with Crippen molar-refractivity contribution in [2.75, 3.05) is 13.7 Å². The maximum absolute atomic E-state index is 12.1. The smallest absolute Gasteiger partial charge is 0.347 e. The van der Waals surface area contributed by atoms with E-state index in [2.05, 4.69) is 30.8 Å². The van der Waals surface area contributed by atoms with Crippen molar-refractivity contribution in [2.45, 2.75) is 45.8 Å². The first kappa shape index (κ1) is 23.9. The standard InChI is InChI=1S/C24H29NO6/c1-16(31-20-12-10-19(11-13-20)24(2,3)4)22(27)30-15-21(26)25-14-17-6-8-18(9-7-17)23(28)29-5/h6-13,16H,14-15H2,1-5H3,(H,25,26)/t16-/m0/s1. The number of methoxy groups -OCH3 is 1. The second-order valence-electron chi connectivity index (χ2n) is 8.11. The molecule has 1 amide bonds. The summed E-state index contributed by atoms with van der Waals surface area (Å²) in [4.78, 5) is 35.5. The molecule has 2 aromatic carbocycles. The summed E-state index contributed by atoms with van der Waals surface area (Å²) in [7, 11) is 1.31. The molecule has 2 aromatic rings. The first-order chi connectivity index (χ1) is 14.6. The molecule has 2 rings (SSSR count). The normalized spacial score (nSPS) is 11.9. The second-order valence-corrected chi connectivity index (χ2v) is 8.11. The van der Waals surface area contributed by atoms with Gasteiger partial charge in [0.15, 0.2) is 12.7 Å². The van der Waals surface area contributed by atoms with Gasteiger partial charge in [-0.25, -0.2) is 9.59 Å². The number of hydrogen-bond acceptors (Lipinski definition) is 6. The highest BCUT2D eigenvalue weighted by Gasteiger charge is 2.19. The molecule has 31 heavy (non-hydrogen) atoms. The Morgan fingerprint density at radius 1 is 0.968 bits per heavy atom. The lowest BCUT2D eigenvalue weighted by Crippen LogP contribution is -2.32. The van der Waals surface area contributed by atoms with E-state index in [0.717, 1.165) is 11.1 Å². The Morgan fingerprint density at radius 3 is 2.13 bits per heavy atom. The van der Waals surface area contributed by atoms with Gasteiger partial charge >= 0.3 is 11.9 Å². The van der Waals surface area contributed by atoms with E-state index in [1.807, 2.05) is 24.3 Å². The van der Waals surface area contributed by atoms with Crippen molar-refractivity contribution >= 4 is 17.8 Å². The van der Waals surface area contributed by atoms with E-state index < -0.39 is 30.6 Å². The Kier molecular flexibility index (Phi) is 8.19. The van der Waals surface area contributed by atoms with Crippen LogP contribution < -0.4 is 10.1 Å². The minimum Gasteiger partial charge on any atom is -0.479 e. The maximum atomic E-state index is 12.1. The molecule has 0 aromatic heterocycles. The largest absolute Gasteiger partial charge is 0.479 e. The van der Waals surface area contributed by atoms with Gasteiger partial charge in [0.05, 0.1) is 12.7 Å². The lowest BCUT2D eigenvalue weighted by atomic mass is 9.87. The Morgan fingerprint density at radius 2 is 1.58 bits per heavy atom. The summed E-state index contributed by atoms with van der Waals surface area (Å²) >= 11 is 0. The molecule has 0 heterocycles. The summed E-state index contributed by atoms with van der Waals surface area (Å²) in [6.45, 7) is 7.75. The monoisotopic (exact) mass is 427 g/mol. The van der Waals surface area contributed by atoms with Crippen molar-refractivity contribution in [3.63, 3.8) is 0 Å². The van der Waals surface area contributed by atoms with Gasteiger partial charge in [-0.3, -0.25) is 4.79 Å². The molecule has 0 unspecified atom stereocenters. The molecule has 7 heteroatoms. The number of carbonyl (C=O) groups excluding carboxylic acids is 3. The molecule has 0 fully saturated rings. The molecule has 0 spiro atoms. The quantitative estimate of drug-likeness (QED) is 0.650. The molecule has 0 saturated heterocycles. The summed E-state index contributed by atoms with van der Waals surface area (Å²) in [6.07, 6.45) is -0.848. The summed E-state index contributed by atoms with van der Waals surface area (Å²) in [5.41, 5.74) is 2.41. The molecule has 0 aliphatic rings. The highest BCUT2D eigenvalue weighted by atomic mass is 16.6. The van der Waals surface area contributed by atoms with Crippen LogP contribution in [0.5, 0.6) is 5.75 Å². The van der Waals surface area contributed by atoms with Crippen LogP contribution in [0.4, 0.5) is 0 Å². The van der Waals surface area contributed by atoms with Gasteiger partial charge in [-0.1, -0.05) is 45.0 Å². The van der Waals surface area contributed by atoms with Crippen LogP contribution in [0.25, 0.3) is 0 Å². The minimum atomic E-state index is -0.848. The third kappa shape index (κ3) is 7.44. The summed E-state index contributed by atoms with van der Waals surface area (Å²) in [6, 6.07) is 14.2. The molecular formula is C24H29NO6. The van der Waals surface area contributed by atoms with Crippen LogP contribution in [-0.2, 0) is 31.0 Å². The molecule has 0 bridgehead atoms. The van der Waals surface area contributed by atoms with Crippen LogP contribution in [0, 0.1) is 0 Å². The average molecular weight is 427 g/mol. The van der Waals surface area contributed by atoms with Crippen LogP contribution in [0.3, 0.4) is 0 Å². The number of amides is 1. The third-order valence-corrected chi connectivity index (χ3v) is 4.58. The molecule has 0 saturated carbocycles. The van der Waals surface area contributed by atoms with Crippen molar-refractivity contribution in [2.24, 2.45) is 0 Å². The zero-order chi connectivity index (χ0) is 23.0. The van der Waals surface area contributed by atoms with Gasteiger partial charge in [0.2, 0.25) is 0 Å². The Balaban J connectivity index is 1.75. The number of esters is 2. The van der Waals surface area contributed by atoms with Gasteiger partial charge in [-0.2, -0.15) is 0 Å². The topological polar surface area (TPSA) is 90.9 Å². The van der Waals surface area contributed by atoms with Crippen LogP contribution in [0.15, 0.2) is 48.5 Å². The maximum Gasteiger partial charge on any atom is 0.347 e. The van der Waals surface area contributed by atoms with Crippen molar-refractivity contribution in [3.05, 3.63) is 65.2 Å². The van der Waals surface area contributed by atoms with E-state index in [1.165, 1.54) is 7.11 Å². The number of rotatable bonds is 8. The number of ether oxygens (including phenoxy) is 3. The zero-order valence-electron chi connectivity index (χ0n) is 18.6. The Hall–Kier alpha value is -3.35. The van der Waals surface area contributed by atoms with Gasteiger partial charge in [0.1, 0.15) is 5.75 Å². The molecular weight excluding hydrogens is 398 g/mol. The van der Waals surface area contributed by atoms with Crippen molar-refractivity contribution in [3.8, 4) is 5.75 Å². The predicted octanol–water partition coefficient (Wildman–Crippen LogP) is 3.40. The predicted molar refractivity (Wildman–Crippen MR) is 116 cm³/mol. The van der Waals surface area contributed by atoms with Gasteiger partial charge in [0, 0.05) is 6.54 Å². The fourth-order valence-corrected chi connectivity index (χ4v) is 2.67.